The molecule has 35 heavy (non-hydrogen) atoms. The van der Waals surface area contributed by atoms with Crippen molar-refractivity contribution in [3.05, 3.63) is 47.8 Å². The Bertz CT molecular complexity index is 1080. The number of hydrogen-bond acceptors (Lipinski definition) is 6. The minimum atomic E-state index is -3.66. The third kappa shape index (κ3) is 6.95. The Morgan fingerprint density at radius 1 is 1.09 bits per heavy atom. The number of phenolic OH excluding ortho intramolecular Hbond substituents is 1. The van der Waals surface area contributed by atoms with Crippen LogP contribution < -0.4 is 4.90 Å². The lowest BCUT2D eigenvalue weighted by atomic mass is 9.96. The molecule has 0 saturated carbocycles. The van der Waals surface area contributed by atoms with Gasteiger partial charge in [0, 0.05) is 64.8 Å². The zero-order valence-corrected chi connectivity index (χ0v) is 22.1. The smallest absolute Gasteiger partial charge is 0.243 e. The number of pyridine rings is 1. The summed E-state index contributed by atoms with van der Waals surface area (Å²) in [7, 11) is -0.230. The van der Waals surface area contributed by atoms with E-state index < -0.39 is 10.0 Å². The topological polar surface area (TPSA) is 94.0 Å². The SMILES string of the molecule is Cc1cc(O)cc(C)c1S(=O)(=O)N(C)CCCCC(=O)N(C)CC1CCN(c2ccncc2)CC1. The Hall–Kier alpha value is -2.65. The third-order valence-electron chi connectivity index (χ3n) is 6.83. The number of anilines is 1. The molecule has 1 amide bonds. The van der Waals surface area contributed by atoms with E-state index in [0.29, 0.717) is 42.9 Å². The first-order chi connectivity index (χ1) is 16.6. The van der Waals surface area contributed by atoms with Gasteiger partial charge in [-0.05, 0) is 80.8 Å². The van der Waals surface area contributed by atoms with Crippen molar-refractivity contribution in [2.24, 2.45) is 5.92 Å². The number of nitrogens with zero attached hydrogens (tertiary/aromatic N) is 4. The number of aromatic hydroxyl groups is 1. The Morgan fingerprint density at radius 3 is 2.29 bits per heavy atom. The fraction of sp³-hybridized carbons (Fsp3) is 0.538. The van der Waals surface area contributed by atoms with Crippen LogP contribution in [-0.2, 0) is 14.8 Å². The largest absolute Gasteiger partial charge is 0.508 e. The van der Waals surface area contributed by atoms with Crippen LogP contribution in [0.3, 0.4) is 0 Å². The highest BCUT2D eigenvalue weighted by molar-refractivity contribution is 7.89. The maximum absolute atomic E-state index is 13.0. The Balaban J connectivity index is 1.40. The van der Waals surface area contributed by atoms with Gasteiger partial charge in [-0.25, -0.2) is 12.7 Å². The van der Waals surface area contributed by atoms with Crippen molar-refractivity contribution < 1.29 is 18.3 Å². The highest BCUT2D eigenvalue weighted by Gasteiger charge is 2.25. The number of benzene rings is 1. The van der Waals surface area contributed by atoms with Crippen molar-refractivity contribution in [3.8, 4) is 5.75 Å². The predicted octanol–water partition coefficient (Wildman–Crippen LogP) is 3.57. The maximum atomic E-state index is 13.0. The molecule has 2 aromatic rings. The molecule has 192 valence electrons. The van der Waals surface area contributed by atoms with Gasteiger partial charge in [0.15, 0.2) is 0 Å². The molecule has 1 saturated heterocycles. The van der Waals surface area contributed by atoms with Crippen LogP contribution in [0, 0.1) is 19.8 Å². The average molecular weight is 503 g/mol. The summed E-state index contributed by atoms with van der Waals surface area (Å²) < 4.78 is 27.4. The summed E-state index contributed by atoms with van der Waals surface area (Å²) >= 11 is 0. The number of sulfonamides is 1. The van der Waals surface area contributed by atoms with Gasteiger partial charge >= 0.3 is 0 Å². The second kappa shape index (κ2) is 11.9. The molecule has 1 fully saturated rings. The second-order valence-electron chi connectivity index (χ2n) is 9.60. The molecule has 0 unspecified atom stereocenters. The van der Waals surface area contributed by atoms with Gasteiger partial charge in [-0.3, -0.25) is 9.78 Å². The molecule has 1 aliphatic rings. The molecule has 2 heterocycles. The minimum Gasteiger partial charge on any atom is -0.508 e. The molecule has 0 radical (unpaired) electrons. The van der Waals surface area contributed by atoms with Crippen LogP contribution in [0.5, 0.6) is 5.75 Å². The number of aryl methyl sites for hydroxylation is 2. The van der Waals surface area contributed by atoms with Crippen LogP contribution >= 0.6 is 0 Å². The maximum Gasteiger partial charge on any atom is 0.243 e. The number of hydrogen-bond donors (Lipinski definition) is 1. The number of carbonyl (C=O) groups is 1. The van der Waals surface area contributed by atoms with Gasteiger partial charge in [-0.2, -0.15) is 0 Å². The highest BCUT2D eigenvalue weighted by atomic mass is 32.2. The van der Waals surface area contributed by atoms with Gasteiger partial charge in [0.2, 0.25) is 15.9 Å². The van der Waals surface area contributed by atoms with E-state index >= 15 is 0 Å². The molecule has 0 atom stereocenters. The van der Waals surface area contributed by atoms with Crippen LogP contribution in [0.15, 0.2) is 41.6 Å². The van der Waals surface area contributed by atoms with Gasteiger partial charge in [0.1, 0.15) is 5.75 Å². The van der Waals surface area contributed by atoms with Crippen molar-refractivity contribution in [2.75, 3.05) is 45.2 Å². The quantitative estimate of drug-likeness (QED) is 0.499. The number of rotatable bonds is 10. The number of aromatic nitrogens is 1. The van der Waals surface area contributed by atoms with Crippen LogP contribution in [0.4, 0.5) is 5.69 Å². The zero-order chi connectivity index (χ0) is 25.6. The molecular weight excluding hydrogens is 464 g/mol. The normalized spacial score (nSPS) is 14.9. The van der Waals surface area contributed by atoms with Crippen LogP contribution in [0.2, 0.25) is 0 Å². The summed E-state index contributed by atoms with van der Waals surface area (Å²) in [5.74, 6) is 0.663. The first-order valence-corrected chi connectivity index (χ1v) is 13.7. The number of phenols is 1. The minimum absolute atomic E-state index is 0.0588. The second-order valence-corrected chi connectivity index (χ2v) is 11.6. The summed E-state index contributed by atoms with van der Waals surface area (Å²) in [6, 6.07) is 6.99. The monoisotopic (exact) mass is 502 g/mol. The molecule has 0 aliphatic carbocycles. The predicted molar refractivity (Wildman–Crippen MR) is 138 cm³/mol. The molecule has 3 rings (SSSR count). The average Bonchev–Trinajstić information content (AvgIpc) is 2.81. The lowest BCUT2D eigenvalue weighted by Gasteiger charge is -2.35. The summed E-state index contributed by atoms with van der Waals surface area (Å²) in [5, 5.41) is 9.71. The molecule has 0 spiro atoms. The lowest BCUT2D eigenvalue weighted by molar-refractivity contribution is -0.130. The number of amides is 1. The Morgan fingerprint density at radius 2 is 1.69 bits per heavy atom. The van der Waals surface area contributed by atoms with Gasteiger partial charge < -0.3 is 14.9 Å². The summed E-state index contributed by atoms with van der Waals surface area (Å²) in [6.45, 7) is 6.44. The molecule has 1 aliphatic heterocycles. The molecule has 1 N–H and O–H groups in total. The van der Waals surface area contributed by atoms with Gasteiger partial charge in [-0.1, -0.05) is 0 Å². The standard InChI is InChI=1S/C26H38N4O4S/c1-20-17-24(31)18-21(2)26(20)35(33,34)29(4)14-6-5-7-25(32)28(3)19-22-10-15-30(16-11-22)23-8-12-27-13-9-23/h8-9,12-13,17-18,22,31H,5-7,10-11,14-16,19H2,1-4H3. The third-order valence-corrected chi connectivity index (χ3v) is 8.99. The summed E-state index contributed by atoms with van der Waals surface area (Å²) in [6.07, 6.45) is 7.40. The van der Waals surface area contributed by atoms with Crippen molar-refractivity contribution in [3.63, 3.8) is 0 Å². The van der Waals surface area contributed by atoms with E-state index in [1.54, 1.807) is 20.9 Å². The molecule has 0 bridgehead atoms. The van der Waals surface area contributed by atoms with Crippen molar-refractivity contribution >= 4 is 21.6 Å². The summed E-state index contributed by atoms with van der Waals surface area (Å²) in [4.78, 5) is 21.2. The van der Waals surface area contributed by atoms with Crippen molar-refractivity contribution in [1.29, 1.82) is 0 Å². The Labute approximate surface area is 209 Å². The van der Waals surface area contributed by atoms with Crippen LogP contribution in [0.1, 0.15) is 43.2 Å². The number of carbonyl (C=O) groups excluding carboxylic acids is 1. The molecular formula is C26H38N4O4S. The van der Waals surface area contributed by atoms with E-state index in [2.05, 4.69) is 9.88 Å². The fourth-order valence-corrected chi connectivity index (χ4v) is 6.44. The van der Waals surface area contributed by atoms with E-state index in [4.69, 9.17) is 0 Å². The lowest BCUT2D eigenvalue weighted by Crippen LogP contribution is -2.39. The molecule has 1 aromatic carbocycles. The zero-order valence-electron chi connectivity index (χ0n) is 21.3. The Kier molecular flexibility index (Phi) is 9.13. The van der Waals surface area contributed by atoms with Gasteiger partial charge in [-0.15, -0.1) is 0 Å². The first-order valence-electron chi connectivity index (χ1n) is 12.2. The summed E-state index contributed by atoms with van der Waals surface area (Å²) in [5.41, 5.74) is 2.25. The highest BCUT2D eigenvalue weighted by Crippen LogP contribution is 2.27. The number of unbranched alkanes of at least 4 members (excludes halogenated alkanes) is 1. The van der Waals surface area contributed by atoms with Crippen molar-refractivity contribution in [1.82, 2.24) is 14.2 Å². The van der Waals surface area contributed by atoms with Gasteiger partial charge in [0.25, 0.3) is 0 Å². The van der Waals surface area contributed by atoms with Crippen molar-refractivity contribution in [2.45, 2.75) is 50.8 Å². The molecule has 9 heteroatoms. The van der Waals surface area contributed by atoms with E-state index in [0.717, 1.165) is 32.5 Å². The van der Waals surface area contributed by atoms with E-state index in [9.17, 15) is 18.3 Å². The van der Waals surface area contributed by atoms with Gasteiger partial charge in [0.05, 0.1) is 4.90 Å². The number of piperidine rings is 1. The van der Waals surface area contributed by atoms with Crippen LogP contribution in [0.25, 0.3) is 0 Å². The molecule has 1 aromatic heterocycles. The van der Waals surface area contributed by atoms with E-state index in [-0.39, 0.29) is 16.6 Å². The first kappa shape index (κ1) is 26.9. The van der Waals surface area contributed by atoms with E-state index in [1.165, 1.54) is 22.1 Å². The molecule has 8 nitrogen and oxygen atoms in total. The van der Waals surface area contributed by atoms with E-state index in [1.807, 2.05) is 36.5 Å². The van der Waals surface area contributed by atoms with Crippen LogP contribution in [-0.4, -0.2) is 73.9 Å². The fourth-order valence-electron chi connectivity index (χ4n) is 4.83.